The Balaban J connectivity index is 1.68. The molecule has 184 valence electrons. The quantitative estimate of drug-likeness (QED) is 0.133. The first-order valence-corrected chi connectivity index (χ1v) is 11.9. The molecule has 0 spiro atoms. The lowest BCUT2D eigenvalue weighted by Gasteiger charge is -2.22. The second-order valence-electron chi connectivity index (χ2n) is 7.13. The van der Waals surface area contributed by atoms with Gasteiger partial charge in [-0.15, -0.1) is 0 Å². The molecule has 1 saturated heterocycles. The minimum absolute atomic E-state index is 0.110. The van der Waals surface area contributed by atoms with Gasteiger partial charge in [0.15, 0.2) is 0 Å². The third-order valence-electron chi connectivity index (χ3n) is 4.69. The van der Waals surface area contributed by atoms with Crippen molar-refractivity contribution >= 4 is 19.3 Å². The molecule has 13 nitrogen and oxygen atoms in total. The highest BCUT2D eigenvalue weighted by Crippen LogP contribution is 2.45. The van der Waals surface area contributed by atoms with Gasteiger partial charge in [0, 0.05) is 29.4 Å². The second kappa shape index (κ2) is 11.6. The maximum atomic E-state index is 13.6. The molecule has 1 fully saturated rings. The van der Waals surface area contributed by atoms with Gasteiger partial charge in [-0.2, -0.15) is 4.39 Å². The van der Waals surface area contributed by atoms with Gasteiger partial charge in [-0.05, 0) is 36.2 Å². The number of halogens is 2. The topological polar surface area (TPSA) is 181 Å². The van der Waals surface area contributed by atoms with E-state index < -0.39 is 49.9 Å². The third-order valence-corrected chi connectivity index (χ3v) is 6.49. The van der Waals surface area contributed by atoms with Gasteiger partial charge >= 0.3 is 13.4 Å². The lowest BCUT2D eigenvalue weighted by atomic mass is 10.2. The van der Waals surface area contributed by atoms with E-state index in [0.29, 0.717) is 17.6 Å². The van der Waals surface area contributed by atoms with Crippen molar-refractivity contribution in [2.45, 2.75) is 31.3 Å². The van der Waals surface area contributed by atoms with Gasteiger partial charge in [0.1, 0.15) is 18.1 Å². The van der Waals surface area contributed by atoms with E-state index in [1.807, 2.05) is 4.98 Å². The van der Waals surface area contributed by atoms with Crippen molar-refractivity contribution in [3.63, 3.8) is 0 Å². The Kier molecular flexibility index (Phi) is 8.86. The summed E-state index contributed by atoms with van der Waals surface area (Å²) in [7, 11) is -3.99. The standard InChI is InChI=1S/C18H21ClFN6O7P/c19-11-2-4-12(5-3-11)33-34(30,23-7-1-6-22-25-21)31-10-15-14(27)8-16(32-15)26-9-13(20)17(28)24-18(26)29/h2-5,9,14-16,27H,1,6-8,10H2,(H,23,30)(H,24,28,29)/t14-,15+,16+,34?/m0/s1. The normalized spacial score (nSPS) is 21.6. The predicted molar refractivity (Wildman–Crippen MR) is 118 cm³/mol. The minimum Gasteiger partial charge on any atom is -0.413 e. The molecule has 34 heavy (non-hydrogen) atoms. The summed E-state index contributed by atoms with van der Waals surface area (Å²) in [6.07, 6.45) is -2.37. The van der Waals surface area contributed by atoms with Gasteiger partial charge < -0.3 is 14.4 Å². The number of benzene rings is 1. The van der Waals surface area contributed by atoms with Gasteiger partial charge in [-0.25, -0.2) is 14.4 Å². The smallest absolute Gasteiger partial charge is 0.413 e. The summed E-state index contributed by atoms with van der Waals surface area (Å²) in [5.41, 5.74) is 6.26. The largest absolute Gasteiger partial charge is 0.458 e. The number of hydrogen-bond acceptors (Lipinski definition) is 8. The SMILES string of the molecule is [N-]=[N+]=NCCCNP(=O)(OC[C@H]1O[C@@H](n2cc(F)c(=O)[nH]c2=O)C[C@@H]1O)Oc1ccc(Cl)cc1. The first-order valence-electron chi connectivity index (χ1n) is 10.0. The van der Waals surface area contributed by atoms with Crippen LogP contribution in [-0.4, -0.2) is 46.6 Å². The highest BCUT2D eigenvalue weighted by Gasteiger charge is 2.38. The number of H-pyrrole nitrogens is 1. The number of aromatic nitrogens is 2. The number of azide groups is 1. The Morgan fingerprint density at radius 1 is 1.41 bits per heavy atom. The van der Waals surface area contributed by atoms with Crippen LogP contribution in [0.4, 0.5) is 4.39 Å². The van der Waals surface area contributed by atoms with Gasteiger partial charge in [-0.3, -0.25) is 18.9 Å². The molecule has 3 rings (SSSR count). The molecule has 0 saturated carbocycles. The molecule has 3 N–H and O–H groups in total. The van der Waals surface area contributed by atoms with E-state index >= 15 is 0 Å². The molecule has 1 aromatic heterocycles. The Labute approximate surface area is 196 Å². The van der Waals surface area contributed by atoms with Crippen LogP contribution in [0.3, 0.4) is 0 Å². The van der Waals surface area contributed by atoms with Crippen LogP contribution in [0.5, 0.6) is 5.75 Å². The number of rotatable bonds is 11. The molecule has 2 aromatic rings. The highest BCUT2D eigenvalue weighted by molar-refractivity contribution is 7.52. The van der Waals surface area contributed by atoms with E-state index in [9.17, 15) is 23.7 Å². The van der Waals surface area contributed by atoms with Crippen molar-refractivity contribution in [2.24, 2.45) is 5.11 Å². The summed E-state index contributed by atoms with van der Waals surface area (Å²) >= 11 is 5.85. The van der Waals surface area contributed by atoms with Crippen molar-refractivity contribution < 1.29 is 27.8 Å². The zero-order valence-corrected chi connectivity index (χ0v) is 19.2. The predicted octanol–water partition coefficient (Wildman–Crippen LogP) is 2.47. The monoisotopic (exact) mass is 518 g/mol. The second-order valence-corrected chi connectivity index (χ2v) is 9.32. The average Bonchev–Trinajstić information content (AvgIpc) is 3.17. The fourth-order valence-electron chi connectivity index (χ4n) is 3.03. The molecular formula is C18H21ClFN6O7P. The Morgan fingerprint density at radius 2 is 2.15 bits per heavy atom. The summed E-state index contributed by atoms with van der Waals surface area (Å²) in [6.45, 7) is -0.139. The summed E-state index contributed by atoms with van der Waals surface area (Å²) in [5.74, 6) is -1.00. The van der Waals surface area contributed by atoms with Gasteiger partial charge in [0.25, 0.3) is 5.56 Å². The van der Waals surface area contributed by atoms with E-state index in [1.165, 1.54) is 24.3 Å². The van der Waals surface area contributed by atoms with Crippen molar-refractivity contribution in [3.8, 4) is 5.75 Å². The summed E-state index contributed by atoms with van der Waals surface area (Å²) in [5, 5.41) is 16.8. The average molecular weight is 519 g/mol. The molecule has 0 aliphatic carbocycles. The van der Waals surface area contributed by atoms with Crippen molar-refractivity contribution in [1.82, 2.24) is 14.6 Å². The zero-order valence-electron chi connectivity index (χ0n) is 17.5. The van der Waals surface area contributed by atoms with Gasteiger partial charge in [0.05, 0.1) is 18.9 Å². The van der Waals surface area contributed by atoms with Crippen LogP contribution < -0.4 is 20.9 Å². The highest BCUT2D eigenvalue weighted by atomic mass is 35.5. The fourth-order valence-corrected chi connectivity index (χ4v) is 4.54. The van der Waals surface area contributed by atoms with Crippen LogP contribution in [0.1, 0.15) is 19.1 Å². The molecule has 0 amide bonds. The maximum Gasteiger partial charge on any atom is 0.458 e. The number of hydrogen-bond donors (Lipinski definition) is 3. The summed E-state index contributed by atoms with van der Waals surface area (Å²) in [6, 6.07) is 6.01. The molecule has 1 unspecified atom stereocenters. The van der Waals surface area contributed by atoms with Crippen LogP contribution in [0.25, 0.3) is 10.4 Å². The summed E-state index contributed by atoms with van der Waals surface area (Å²) < 4.78 is 44.2. The Hall–Kier alpha value is -2.70. The molecule has 0 bridgehead atoms. The van der Waals surface area contributed by atoms with Crippen LogP contribution >= 0.6 is 19.3 Å². The van der Waals surface area contributed by atoms with E-state index in [2.05, 4.69) is 15.1 Å². The lowest BCUT2D eigenvalue weighted by Crippen LogP contribution is -2.34. The molecule has 4 atom stereocenters. The van der Waals surface area contributed by atoms with Crippen molar-refractivity contribution in [3.05, 3.63) is 72.6 Å². The number of nitrogens with zero attached hydrogens (tertiary/aromatic N) is 4. The van der Waals surface area contributed by atoms with E-state index in [-0.39, 0.29) is 25.3 Å². The summed E-state index contributed by atoms with van der Waals surface area (Å²) in [4.78, 5) is 27.6. The minimum atomic E-state index is -3.99. The van der Waals surface area contributed by atoms with Gasteiger partial charge in [0.2, 0.25) is 5.82 Å². The number of ether oxygens (including phenoxy) is 1. The third kappa shape index (κ3) is 6.90. The molecule has 2 heterocycles. The van der Waals surface area contributed by atoms with Crippen LogP contribution in [0.15, 0.2) is 45.2 Å². The van der Waals surface area contributed by atoms with Gasteiger partial charge in [-0.1, -0.05) is 16.7 Å². The number of aliphatic hydroxyl groups is 1. The fraction of sp³-hybridized carbons (Fsp3) is 0.444. The molecule has 1 aliphatic heterocycles. The van der Waals surface area contributed by atoms with Crippen molar-refractivity contribution in [1.29, 1.82) is 0 Å². The Morgan fingerprint density at radius 3 is 2.85 bits per heavy atom. The zero-order chi connectivity index (χ0) is 24.7. The Bertz CT molecular complexity index is 1200. The lowest BCUT2D eigenvalue weighted by molar-refractivity contribution is -0.0428. The van der Waals surface area contributed by atoms with Crippen LogP contribution in [-0.2, 0) is 13.8 Å². The first-order chi connectivity index (χ1) is 16.2. The van der Waals surface area contributed by atoms with E-state index in [0.717, 1.165) is 4.57 Å². The molecule has 0 radical (unpaired) electrons. The molecule has 16 heteroatoms. The van der Waals surface area contributed by atoms with Crippen LogP contribution in [0, 0.1) is 5.82 Å². The maximum absolute atomic E-state index is 13.6. The van der Waals surface area contributed by atoms with Crippen LogP contribution in [0.2, 0.25) is 5.02 Å². The number of aliphatic hydroxyl groups excluding tert-OH is 1. The number of aromatic amines is 1. The molecular weight excluding hydrogens is 498 g/mol. The van der Waals surface area contributed by atoms with E-state index in [1.54, 1.807) is 0 Å². The first kappa shape index (κ1) is 25.9. The van der Waals surface area contributed by atoms with Crippen molar-refractivity contribution in [2.75, 3.05) is 19.7 Å². The van der Waals surface area contributed by atoms with E-state index in [4.69, 9.17) is 30.9 Å². The number of nitrogens with one attached hydrogen (secondary N) is 2. The molecule has 1 aromatic carbocycles. The molecule has 1 aliphatic rings.